The third kappa shape index (κ3) is 4.13. The van der Waals surface area contributed by atoms with Gasteiger partial charge in [0.2, 0.25) is 5.91 Å². The second-order valence-corrected chi connectivity index (χ2v) is 8.36. The molecule has 6 nitrogen and oxygen atoms in total. The van der Waals surface area contributed by atoms with Gasteiger partial charge in [0.05, 0.1) is 18.9 Å². The molecular formula is C25H27N3O3. The number of hydrogen-bond acceptors (Lipinski definition) is 4. The molecule has 160 valence electrons. The van der Waals surface area contributed by atoms with Gasteiger partial charge in [0.1, 0.15) is 0 Å². The van der Waals surface area contributed by atoms with Crippen LogP contribution in [0.2, 0.25) is 0 Å². The van der Waals surface area contributed by atoms with Crippen molar-refractivity contribution in [3.05, 3.63) is 63.9 Å². The Hall–Kier alpha value is -2.96. The second kappa shape index (κ2) is 8.65. The van der Waals surface area contributed by atoms with Crippen molar-refractivity contribution >= 4 is 22.4 Å². The van der Waals surface area contributed by atoms with E-state index in [0.717, 1.165) is 85.4 Å². The molecule has 1 aliphatic heterocycles. The molecule has 0 saturated carbocycles. The Kier molecular flexibility index (Phi) is 5.57. The van der Waals surface area contributed by atoms with E-state index >= 15 is 0 Å². The summed E-state index contributed by atoms with van der Waals surface area (Å²) in [5.41, 5.74) is 4.90. The minimum Gasteiger partial charge on any atom is -0.379 e. The molecule has 0 spiro atoms. The van der Waals surface area contributed by atoms with Crippen LogP contribution in [0.5, 0.6) is 0 Å². The van der Waals surface area contributed by atoms with E-state index < -0.39 is 0 Å². The van der Waals surface area contributed by atoms with Crippen molar-refractivity contribution < 1.29 is 9.53 Å². The highest BCUT2D eigenvalue weighted by molar-refractivity contribution is 5.95. The standard InChI is InChI=1S/C25H27N3O3/c29-23(7-3-4-10-28-11-13-31-14-12-28)26-18-9-8-17-15-22-19-5-1-2-6-20(19)25(30)27-24(22)21(17)16-18/h1-2,5-6,8-9,16H,3-4,7,10-15H2,(H,26,29)(H,27,30). The SMILES string of the molecule is O=C(CCCCN1CCOCC1)Nc1ccc2c(c1)-c1[nH]c(=O)c3ccccc3c1C2. The zero-order valence-electron chi connectivity index (χ0n) is 17.6. The number of ether oxygens (including phenoxy) is 1. The van der Waals surface area contributed by atoms with Crippen LogP contribution in [0.25, 0.3) is 22.0 Å². The van der Waals surface area contributed by atoms with E-state index in [-0.39, 0.29) is 11.5 Å². The molecule has 2 heterocycles. The Morgan fingerprint density at radius 1 is 1.06 bits per heavy atom. The smallest absolute Gasteiger partial charge is 0.256 e. The van der Waals surface area contributed by atoms with Gasteiger partial charge in [-0.1, -0.05) is 24.3 Å². The molecule has 2 aliphatic rings. The quantitative estimate of drug-likeness (QED) is 0.471. The number of H-pyrrole nitrogens is 1. The number of amides is 1. The van der Waals surface area contributed by atoms with Gasteiger partial charge in [0.25, 0.3) is 5.56 Å². The van der Waals surface area contributed by atoms with Crippen LogP contribution in [0.1, 0.15) is 30.4 Å². The molecule has 2 aromatic carbocycles. The molecule has 0 atom stereocenters. The topological polar surface area (TPSA) is 74.4 Å². The number of carbonyl (C=O) groups is 1. The molecular weight excluding hydrogens is 390 g/mol. The summed E-state index contributed by atoms with van der Waals surface area (Å²) in [6.45, 7) is 4.61. The summed E-state index contributed by atoms with van der Waals surface area (Å²) in [6, 6.07) is 13.7. The molecule has 1 saturated heterocycles. The van der Waals surface area contributed by atoms with Gasteiger partial charge in [-0.3, -0.25) is 14.5 Å². The average molecular weight is 418 g/mol. The third-order valence-electron chi connectivity index (χ3n) is 6.30. The highest BCUT2D eigenvalue weighted by atomic mass is 16.5. The largest absolute Gasteiger partial charge is 0.379 e. The summed E-state index contributed by atoms with van der Waals surface area (Å²) in [6.07, 6.45) is 3.19. The molecule has 1 amide bonds. The fraction of sp³-hybridized carbons (Fsp3) is 0.360. The number of anilines is 1. The van der Waals surface area contributed by atoms with Crippen LogP contribution in [-0.4, -0.2) is 48.6 Å². The Bertz CT molecular complexity index is 1180. The monoisotopic (exact) mass is 417 g/mol. The lowest BCUT2D eigenvalue weighted by Crippen LogP contribution is -2.36. The number of morpholine rings is 1. The van der Waals surface area contributed by atoms with Gasteiger partial charge < -0.3 is 15.0 Å². The van der Waals surface area contributed by atoms with Crippen molar-refractivity contribution in [1.29, 1.82) is 0 Å². The van der Waals surface area contributed by atoms with Crippen molar-refractivity contribution in [2.24, 2.45) is 0 Å². The highest BCUT2D eigenvalue weighted by Crippen LogP contribution is 2.39. The predicted molar refractivity (Wildman–Crippen MR) is 123 cm³/mol. The lowest BCUT2D eigenvalue weighted by atomic mass is 10.0. The van der Waals surface area contributed by atoms with Crippen molar-refractivity contribution in [3.63, 3.8) is 0 Å². The van der Waals surface area contributed by atoms with Crippen LogP contribution in [-0.2, 0) is 16.0 Å². The van der Waals surface area contributed by atoms with Crippen molar-refractivity contribution in [2.45, 2.75) is 25.7 Å². The summed E-state index contributed by atoms with van der Waals surface area (Å²) < 4.78 is 5.37. The van der Waals surface area contributed by atoms with E-state index in [1.165, 1.54) is 5.56 Å². The zero-order valence-corrected chi connectivity index (χ0v) is 17.6. The van der Waals surface area contributed by atoms with Gasteiger partial charge in [-0.2, -0.15) is 0 Å². The first kappa shape index (κ1) is 20.0. The minimum absolute atomic E-state index is 0.0344. The maximum atomic E-state index is 12.5. The summed E-state index contributed by atoms with van der Waals surface area (Å²) in [4.78, 5) is 30.4. The predicted octanol–water partition coefficient (Wildman–Crippen LogP) is 3.54. The Morgan fingerprint density at radius 3 is 2.71 bits per heavy atom. The lowest BCUT2D eigenvalue weighted by Gasteiger charge is -2.26. The molecule has 0 radical (unpaired) electrons. The van der Waals surface area contributed by atoms with E-state index in [0.29, 0.717) is 6.42 Å². The zero-order chi connectivity index (χ0) is 21.2. The fourth-order valence-corrected chi connectivity index (χ4v) is 4.65. The van der Waals surface area contributed by atoms with E-state index in [1.807, 2.05) is 36.4 Å². The number of pyridine rings is 1. The molecule has 1 aliphatic carbocycles. The molecule has 3 aromatic rings. The number of unbranched alkanes of at least 4 members (excludes halogenated alkanes) is 1. The molecule has 1 fully saturated rings. The number of carbonyl (C=O) groups excluding carboxylic acids is 1. The van der Waals surface area contributed by atoms with Crippen LogP contribution >= 0.6 is 0 Å². The van der Waals surface area contributed by atoms with E-state index in [1.54, 1.807) is 0 Å². The fourth-order valence-electron chi connectivity index (χ4n) is 4.65. The molecule has 31 heavy (non-hydrogen) atoms. The van der Waals surface area contributed by atoms with Gasteiger partial charge in [-0.05, 0) is 54.1 Å². The molecule has 0 bridgehead atoms. The van der Waals surface area contributed by atoms with E-state index in [2.05, 4.69) is 21.3 Å². The first-order valence-electron chi connectivity index (χ1n) is 11.1. The number of aromatic amines is 1. The van der Waals surface area contributed by atoms with Crippen LogP contribution in [0, 0.1) is 0 Å². The first-order valence-corrected chi connectivity index (χ1v) is 11.1. The summed E-state index contributed by atoms with van der Waals surface area (Å²) in [5, 5.41) is 4.75. The Morgan fingerprint density at radius 2 is 1.87 bits per heavy atom. The summed E-state index contributed by atoms with van der Waals surface area (Å²) in [5.74, 6) is 0.0344. The maximum Gasteiger partial charge on any atom is 0.256 e. The Balaban J connectivity index is 1.25. The van der Waals surface area contributed by atoms with Crippen LogP contribution < -0.4 is 10.9 Å². The highest BCUT2D eigenvalue weighted by Gasteiger charge is 2.23. The number of fused-ring (bicyclic) bond motifs is 5. The van der Waals surface area contributed by atoms with E-state index in [9.17, 15) is 9.59 Å². The number of aromatic nitrogens is 1. The van der Waals surface area contributed by atoms with Gasteiger partial charge in [-0.25, -0.2) is 0 Å². The molecule has 5 rings (SSSR count). The van der Waals surface area contributed by atoms with Crippen LogP contribution in [0.4, 0.5) is 5.69 Å². The average Bonchev–Trinajstić information content (AvgIpc) is 3.16. The number of nitrogens with zero attached hydrogens (tertiary/aromatic N) is 1. The number of hydrogen-bond donors (Lipinski definition) is 2. The lowest BCUT2D eigenvalue weighted by molar-refractivity contribution is -0.116. The number of benzene rings is 2. The normalized spacial score (nSPS) is 15.6. The summed E-state index contributed by atoms with van der Waals surface area (Å²) >= 11 is 0. The van der Waals surface area contributed by atoms with Crippen molar-refractivity contribution in [1.82, 2.24) is 9.88 Å². The molecule has 6 heteroatoms. The van der Waals surface area contributed by atoms with Crippen molar-refractivity contribution in [2.75, 3.05) is 38.2 Å². The Labute approximate surface area is 181 Å². The van der Waals surface area contributed by atoms with Gasteiger partial charge >= 0.3 is 0 Å². The minimum atomic E-state index is -0.0723. The third-order valence-corrected chi connectivity index (χ3v) is 6.30. The van der Waals surface area contributed by atoms with E-state index in [4.69, 9.17) is 4.74 Å². The maximum absolute atomic E-state index is 12.5. The summed E-state index contributed by atoms with van der Waals surface area (Å²) in [7, 11) is 0. The van der Waals surface area contributed by atoms with Crippen LogP contribution in [0.3, 0.4) is 0 Å². The van der Waals surface area contributed by atoms with Gasteiger partial charge in [-0.15, -0.1) is 0 Å². The first-order chi connectivity index (χ1) is 15.2. The van der Waals surface area contributed by atoms with Gasteiger partial charge in [0, 0.05) is 42.6 Å². The van der Waals surface area contributed by atoms with Gasteiger partial charge in [0.15, 0.2) is 0 Å². The van der Waals surface area contributed by atoms with Crippen molar-refractivity contribution in [3.8, 4) is 11.3 Å². The second-order valence-electron chi connectivity index (χ2n) is 8.36. The van der Waals surface area contributed by atoms with Crippen LogP contribution in [0.15, 0.2) is 47.3 Å². The number of rotatable bonds is 6. The molecule has 0 unspecified atom stereocenters. The molecule has 1 aromatic heterocycles. The number of nitrogens with one attached hydrogen (secondary N) is 2. The molecule has 2 N–H and O–H groups in total.